The van der Waals surface area contributed by atoms with Gasteiger partial charge in [0.2, 0.25) is 0 Å². The number of alkyl carbamates (subject to hydrolysis) is 1. The smallest absolute Gasteiger partial charge is 0.407 e. The minimum Gasteiger partial charge on any atom is -0.486 e. The standard InChI is InChI=1S/C18H19NO4/c20-12-13-22-17-8-6-15(7-9-17)10-11-19-18(21)23-14-16-4-2-1-3-5-16/h1-9,12H,10-11,13-14H2,(H,19,21). The van der Waals surface area contributed by atoms with Crippen LogP contribution in [0.2, 0.25) is 0 Å². The van der Waals surface area contributed by atoms with Crippen molar-refractivity contribution >= 4 is 12.4 Å². The van der Waals surface area contributed by atoms with Gasteiger partial charge in [0.15, 0.2) is 6.29 Å². The van der Waals surface area contributed by atoms with Gasteiger partial charge in [-0.15, -0.1) is 0 Å². The number of hydrogen-bond acceptors (Lipinski definition) is 4. The number of ether oxygens (including phenoxy) is 2. The molecule has 0 aliphatic carbocycles. The Hall–Kier alpha value is -2.82. The van der Waals surface area contributed by atoms with Gasteiger partial charge in [-0.1, -0.05) is 42.5 Å². The van der Waals surface area contributed by atoms with Gasteiger partial charge in [0, 0.05) is 6.54 Å². The van der Waals surface area contributed by atoms with Crippen LogP contribution in [0, 0.1) is 0 Å². The summed E-state index contributed by atoms with van der Waals surface area (Å²) in [4.78, 5) is 21.8. The number of hydrogen-bond donors (Lipinski definition) is 1. The van der Waals surface area contributed by atoms with E-state index in [2.05, 4.69) is 5.32 Å². The maximum atomic E-state index is 11.6. The number of carbonyl (C=O) groups is 2. The lowest BCUT2D eigenvalue weighted by Gasteiger charge is -2.08. The first kappa shape index (κ1) is 16.5. The molecule has 5 heteroatoms. The quantitative estimate of drug-likeness (QED) is 0.761. The van der Waals surface area contributed by atoms with Gasteiger partial charge in [0.25, 0.3) is 0 Å². The third-order valence-electron chi connectivity index (χ3n) is 3.14. The third-order valence-corrected chi connectivity index (χ3v) is 3.14. The fraction of sp³-hybridized carbons (Fsp3) is 0.222. The lowest BCUT2D eigenvalue weighted by molar-refractivity contribution is -0.109. The van der Waals surface area contributed by atoms with E-state index in [4.69, 9.17) is 9.47 Å². The molecule has 0 fully saturated rings. The van der Waals surface area contributed by atoms with Gasteiger partial charge in [-0.2, -0.15) is 0 Å². The molecule has 0 bridgehead atoms. The van der Waals surface area contributed by atoms with Crippen LogP contribution in [0.4, 0.5) is 4.79 Å². The highest BCUT2D eigenvalue weighted by molar-refractivity contribution is 5.67. The van der Waals surface area contributed by atoms with Crippen molar-refractivity contribution in [1.29, 1.82) is 0 Å². The Morgan fingerprint density at radius 2 is 1.74 bits per heavy atom. The predicted molar refractivity (Wildman–Crippen MR) is 86.3 cm³/mol. The Labute approximate surface area is 135 Å². The molecule has 0 heterocycles. The largest absolute Gasteiger partial charge is 0.486 e. The average molecular weight is 313 g/mol. The van der Waals surface area contributed by atoms with Crippen LogP contribution in [0.1, 0.15) is 11.1 Å². The Bertz CT molecular complexity index is 611. The zero-order valence-electron chi connectivity index (χ0n) is 12.7. The lowest BCUT2D eigenvalue weighted by Crippen LogP contribution is -2.26. The van der Waals surface area contributed by atoms with Gasteiger partial charge in [0.05, 0.1) is 0 Å². The molecule has 5 nitrogen and oxygen atoms in total. The van der Waals surface area contributed by atoms with Gasteiger partial charge in [-0.05, 0) is 29.7 Å². The van der Waals surface area contributed by atoms with Crippen molar-refractivity contribution in [3.05, 3.63) is 65.7 Å². The molecule has 23 heavy (non-hydrogen) atoms. The molecule has 0 unspecified atom stereocenters. The Kier molecular flexibility index (Phi) is 6.65. The second kappa shape index (κ2) is 9.25. The van der Waals surface area contributed by atoms with Crippen molar-refractivity contribution < 1.29 is 19.1 Å². The predicted octanol–water partition coefficient (Wildman–Crippen LogP) is 2.73. The van der Waals surface area contributed by atoms with Crippen LogP contribution in [-0.4, -0.2) is 25.5 Å². The normalized spacial score (nSPS) is 9.91. The van der Waals surface area contributed by atoms with Crippen molar-refractivity contribution in [2.75, 3.05) is 13.2 Å². The maximum absolute atomic E-state index is 11.6. The fourth-order valence-electron chi connectivity index (χ4n) is 1.97. The molecule has 0 atom stereocenters. The van der Waals surface area contributed by atoms with E-state index < -0.39 is 6.09 Å². The summed E-state index contributed by atoms with van der Waals surface area (Å²) >= 11 is 0. The zero-order chi connectivity index (χ0) is 16.3. The molecule has 0 saturated carbocycles. The number of nitrogens with one attached hydrogen (secondary N) is 1. The van der Waals surface area contributed by atoms with Crippen molar-refractivity contribution in [2.24, 2.45) is 0 Å². The van der Waals surface area contributed by atoms with E-state index in [1.165, 1.54) is 0 Å². The molecule has 0 aliphatic rings. The molecule has 0 radical (unpaired) electrons. The van der Waals surface area contributed by atoms with E-state index in [9.17, 15) is 9.59 Å². The van der Waals surface area contributed by atoms with Crippen LogP contribution in [0.3, 0.4) is 0 Å². The second-order valence-electron chi connectivity index (χ2n) is 4.86. The van der Waals surface area contributed by atoms with E-state index in [1.807, 2.05) is 42.5 Å². The van der Waals surface area contributed by atoms with Crippen molar-refractivity contribution in [3.8, 4) is 5.75 Å². The molecule has 0 spiro atoms. The fourth-order valence-corrected chi connectivity index (χ4v) is 1.97. The molecular weight excluding hydrogens is 294 g/mol. The highest BCUT2D eigenvalue weighted by atomic mass is 16.5. The van der Waals surface area contributed by atoms with E-state index >= 15 is 0 Å². The van der Waals surface area contributed by atoms with Crippen LogP contribution < -0.4 is 10.1 Å². The molecule has 1 N–H and O–H groups in total. The summed E-state index contributed by atoms with van der Waals surface area (Å²) in [6, 6.07) is 16.9. The highest BCUT2D eigenvalue weighted by Crippen LogP contribution is 2.12. The van der Waals surface area contributed by atoms with E-state index in [-0.39, 0.29) is 13.2 Å². The van der Waals surface area contributed by atoms with E-state index in [0.29, 0.717) is 25.0 Å². The monoisotopic (exact) mass is 313 g/mol. The number of rotatable bonds is 8. The Balaban J connectivity index is 1.66. The van der Waals surface area contributed by atoms with Gasteiger partial charge < -0.3 is 14.8 Å². The minimum absolute atomic E-state index is 0.0498. The Morgan fingerprint density at radius 1 is 1.00 bits per heavy atom. The zero-order valence-corrected chi connectivity index (χ0v) is 12.7. The summed E-state index contributed by atoms with van der Waals surface area (Å²) in [5.41, 5.74) is 2.01. The van der Waals surface area contributed by atoms with E-state index in [0.717, 1.165) is 11.1 Å². The Morgan fingerprint density at radius 3 is 2.43 bits per heavy atom. The van der Waals surface area contributed by atoms with Gasteiger partial charge in [0.1, 0.15) is 19.0 Å². The molecular formula is C18H19NO4. The molecule has 2 aromatic rings. The molecule has 0 aromatic heterocycles. The van der Waals surface area contributed by atoms with Crippen molar-refractivity contribution in [2.45, 2.75) is 13.0 Å². The first-order valence-electron chi connectivity index (χ1n) is 7.38. The van der Waals surface area contributed by atoms with Crippen LogP contribution >= 0.6 is 0 Å². The number of amides is 1. The molecule has 1 amide bonds. The molecule has 0 aliphatic heterocycles. The number of aldehydes is 1. The second-order valence-corrected chi connectivity index (χ2v) is 4.86. The first-order chi connectivity index (χ1) is 11.3. The molecule has 2 rings (SSSR count). The van der Waals surface area contributed by atoms with Crippen LogP contribution in [-0.2, 0) is 22.6 Å². The number of carbonyl (C=O) groups excluding carboxylic acids is 2. The van der Waals surface area contributed by atoms with Gasteiger partial charge in [-0.3, -0.25) is 4.79 Å². The first-order valence-corrected chi connectivity index (χ1v) is 7.38. The highest BCUT2D eigenvalue weighted by Gasteiger charge is 2.02. The summed E-state index contributed by atoms with van der Waals surface area (Å²) in [6.07, 6.45) is 0.965. The van der Waals surface area contributed by atoms with Crippen molar-refractivity contribution in [1.82, 2.24) is 5.32 Å². The van der Waals surface area contributed by atoms with E-state index in [1.54, 1.807) is 12.1 Å². The summed E-state index contributed by atoms with van der Waals surface area (Å²) in [5, 5.41) is 2.71. The SMILES string of the molecule is O=CCOc1ccc(CCNC(=O)OCc2ccccc2)cc1. The van der Waals surface area contributed by atoms with Crippen molar-refractivity contribution in [3.63, 3.8) is 0 Å². The number of benzene rings is 2. The van der Waals surface area contributed by atoms with Gasteiger partial charge in [-0.25, -0.2) is 4.79 Å². The minimum atomic E-state index is -0.431. The van der Waals surface area contributed by atoms with Crippen LogP contribution in [0.15, 0.2) is 54.6 Å². The summed E-state index contributed by atoms with van der Waals surface area (Å²) in [6.45, 7) is 0.797. The topological polar surface area (TPSA) is 64.6 Å². The molecule has 120 valence electrons. The summed E-state index contributed by atoms with van der Waals surface area (Å²) in [5.74, 6) is 0.649. The molecule has 2 aromatic carbocycles. The van der Waals surface area contributed by atoms with Gasteiger partial charge >= 0.3 is 6.09 Å². The lowest BCUT2D eigenvalue weighted by atomic mass is 10.1. The molecule has 0 saturated heterocycles. The average Bonchev–Trinajstić information content (AvgIpc) is 2.60. The third kappa shape index (κ3) is 6.22. The summed E-state index contributed by atoms with van der Waals surface area (Å²) in [7, 11) is 0. The summed E-state index contributed by atoms with van der Waals surface area (Å²) < 4.78 is 10.3. The van der Waals surface area contributed by atoms with Crippen LogP contribution in [0.5, 0.6) is 5.75 Å². The maximum Gasteiger partial charge on any atom is 0.407 e. The van der Waals surface area contributed by atoms with Crippen LogP contribution in [0.25, 0.3) is 0 Å².